The van der Waals surface area contributed by atoms with Gasteiger partial charge in [-0.15, -0.1) is 0 Å². The number of aliphatic hydroxyl groups excluding tert-OH is 1. The molecule has 0 saturated carbocycles. The lowest BCUT2D eigenvalue weighted by molar-refractivity contribution is -0.0601. The molecule has 0 aromatic carbocycles. The highest BCUT2D eigenvalue weighted by Gasteiger charge is 2.47. The third kappa shape index (κ3) is 2.44. The number of likely N-dealkylation sites (tertiary alicyclic amines) is 2. The lowest BCUT2D eigenvalue weighted by atomic mass is 9.69. The zero-order chi connectivity index (χ0) is 15.9. The topological polar surface area (TPSA) is 61.6 Å². The summed E-state index contributed by atoms with van der Waals surface area (Å²) in [7, 11) is 3.95. The number of nitrogens with zero attached hydrogens (tertiary/aromatic N) is 4. The fourth-order valence-corrected chi connectivity index (χ4v) is 4.18. The van der Waals surface area contributed by atoms with E-state index in [4.69, 9.17) is 0 Å². The number of piperidine rings is 2. The molecule has 0 aliphatic carbocycles. The van der Waals surface area contributed by atoms with Gasteiger partial charge in [0, 0.05) is 37.8 Å². The van der Waals surface area contributed by atoms with Gasteiger partial charge in [0.2, 0.25) is 0 Å². The highest BCUT2D eigenvalue weighted by molar-refractivity contribution is 5.95. The zero-order valence-electron chi connectivity index (χ0n) is 13.7. The molecule has 22 heavy (non-hydrogen) atoms. The van der Waals surface area contributed by atoms with Crippen LogP contribution in [0, 0.1) is 12.3 Å². The summed E-state index contributed by atoms with van der Waals surface area (Å²) in [6.45, 7) is 4.56. The number of hydrogen-bond donors (Lipinski definition) is 1. The van der Waals surface area contributed by atoms with Crippen LogP contribution < -0.4 is 0 Å². The van der Waals surface area contributed by atoms with Crippen LogP contribution in [-0.2, 0) is 7.05 Å². The number of rotatable bonds is 2. The predicted molar refractivity (Wildman–Crippen MR) is 83.6 cm³/mol. The molecule has 6 heteroatoms. The van der Waals surface area contributed by atoms with Gasteiger partial charge in [-0.05, 0) is 39.8 Å². The molecule has 2 aliphatic rings. The third-order valence-corrected chi connectivity index (χ3v) is 5.54. The SMILES string of the molecule is Cc1nn(C)cc1C(=O)N1CC[C@@]2(CO)CCCN(C)[C@@H]2C1. The molecule has 2 fully saturated rings. The monoisotopic (exact) mass is 306 g/mol. The minimum absolute atomic E-state index is 0.0340. The van der Waals surface area contributed by atoms with E-state index in [0.717, 1.165) is 38.0 Å². The van der Waals surface area contributed by atoms with Crippen LogP contribution in [0.3, 0.4) is 0 Å². The second kappa shape index (κ2) is 5.66. The molecule has 1 aromatic rings. The van der Waals surface area contributed by atoms with Crippen molar-refractivity contribution < 1.29 is 9.90 Å². The minimum Gasteiger partial charge on any atom is -0.396 e. The molecule has 1 N–H and O–H groups in total. The average Bonchev–Trinajstić information content (AvgIpc) is 2.85. The van der Waals surface area contributed by atoms with Crippen LogP contribution in [0.1, 0.15) is 35.3 Å². The predicted octanol–water partition coefficient (Wildman–Crippen LogP) is 0.647. The first-order valence-electron chi connectivity index (χ1n) is 8.07. The number of fused-ring (bicyclic) bond motifs is 1. The molecule has 3 rings (SSSR count). The molecule has 0 spiro atoms. The molecular weight excluding hydrogens is 280 g/mol. The van der Waals surface area contributed by atoms with E-state index < -0.39 is 0 Å². The highest BCUT2D eigenvalue weighted by Crippen LogP contribution is 2.41. The smallest absolute Gasteiger partial charge is 0.257 e. The molecule has 2 aliphatic heterocycles. The van der Waals surface area contributed by atoms with E-state index in [2.05, 4.69) is 17.0 Å². The van der Waals surface area contributed by atoms with Gasteiger partial charge in [-0.2, -0.15) is 5.10 Å². The van der Waals surface area contributed by atoms with Crippen molar-refractivity contribution in [1.29, 1.82) is 0 Å². The molecule has 0 radical (unpaired) electrons. The minimum atomic E-state index is -0.0340. The van der Waals surface area contributed by atoms with Crippen LogP contribution >= 0.6 is 0 Å². The van der Waals surface area contributed by atoms with Gasteiger partial charge >= 0.3 is 0 Å². The lowest BCUT2D eigenvalue weighted by Crippen LogP contribution is -2.62. The Kier molecular flexibility index (Phi) is 3.99. The van der Waals surface area contributed by atoms with Crippen molar-refractivity contribution in [2.45, 2.75) is 32.2 Å². The van der Waals surface area contributed by atoms with Crippen LogP contribution in [0.25, 0.3) is 0 Å². The summed E-state index contributed by atoms with van der Waals surface area (Å²) in [5.41, 5.74) is 1.44. The summed E-state index contributed by atoms with van der Waals surface area (Å²) in [5.74, 6) is 0.0658. The van der Waals surface area contributed by atoms with E-state index in [9.17, 15) is 9.90 Å². The van der Waals surface area contributed by atoms with Crippen LogP contribution in [0.2, 0.25) is 0 Å². The lowest BCUT2D eigenvalue weighted by Gasteiger charge is -2.53. The van der Waals surface area contributed by atoms with Gasteiger partial charge in [0.05, 0.1) is 17.9 Å². The van der Waals surface area contributed by atoms with Crippen molar-refractivity contribution >= 4 is 5.91 Å². The third-order valence-electron chi connectivity index (χ3n) is 5.54. The Hall–Kier alpha value is -1.40. The van der Waals surface area contributed by atoms with Crippen LogP contribution in [-0.4, -0.2) is 69.9 Å². The number of likely N-dealkylation sites (N-methyl/N-ethyl adjacent to an activating group) is 1. The molecule has 0 bridgehead atoms. The summed E-state index contributed by atoms with van der Waals surface area (Å²) < 4.78 is 1.69. The Balaban J connectivity index is 1.81. The van der Waals surface area contributed by atoms with Crippen molar-refractivity contribution in [3.05, 3.63) is 17.5 Å². The van der Waals surface area contributed by atoms with Crippen molar-refractivity contribution in [2.24, 2.45) is 12.5 Å². The first-order chi connectivity index (χ1) is 10.5. The molecule has 122 valence electrons. The summed E-state index contributed by atoms with van der Waals surface area (Å²) in [4.78, 5) is 17.0. The molecular formula is C16H26N4O2. The van der Waals surface area contributed by atoms with Gasteiger partial charge in [-0.3, -0.25) is 9.48 Å². The Bertz CT molecular complexity index is 570. The Morgan fingerprint density at radius 3 is 2.82 bits per heavy atom. The molecule has 3 heterocycles. The second-order valence-corrected chi connectivity index (χ2v) is 6.92. The summed E-state index contributed by atoms with van der Waals surface area (Å²) in [5, 5.41) is 14.2. The largest absolute Gasteiger partial charge is 0.396 e. The number of carbonyl (C=O) groups is 1. The van der Waals surface area contributed by atoms with E-state index in [1.54, 1.807) is 10.9 Å². The van der Waals surface area contributed by atoms with Crippen molar-refractivity contribution in [3.63, 3.8) is 0 Å². The average molecular weight is 306 g/mol. The van der Waals surface area contributed by atoms with E-state index in [-0.39, 0.29) is 24.0 Å². The Labute approximate surface area is 131 Å². The number of amides is 1. The maximum Gasteiger partial charge on any atom is 0.257 e. The maximum absolute atomic E-state index is 12.8. The van der Waals surface area contributed by atoms with E-state index in [1.807, 2.05) is 18.9 Å². The zero-order valence-corrected chi connectivity index (χ0v) is 13.7. The molecule has 6 nitrogen and oxygen atoms in total. The number of aliphatic hydroxyl groups is 1. The van der Waals surface area contributed by atoms with E-state index >= 15 is 0 Å². The summed E-state index contributed by atoms with van der Waals surface area (Å²) in [6, 6.07) is 0.251. The van der Waals surface area contributed by atoms with Gasteiger partial charge in [-0.25, -0.2) is 0 Å². The van der Waals surface area contributed by atoms with Gasteiger partial charge in [0.15, 0.2) is 0 Å². The fourth-order valence-electron chi connectivity index (χ4n) is 4.18. The molecule has 2 saturated heterocycles. The normalized spacial score (nSPS) is 29.5. The van der Waals surface area contributed by atoms with Crippen LogP contribution in [0.15, 0.2) is 6.20 Å². The van der Waals surface area contributed by atoms with Gasteiger partial charge in [0.1, 0.15) is 0 Å². The van der Waals surface area contributed by atoms with E-state index in [0.29, 0.717) is 12.1 Å². The second-order valence-electron chi connectivity index (χ2n) is 6.92. The van der Waals surface area contributed by atoms with Crippen molar-refractivity contribution in [2.75, 3.05) is 33.3 Å². The van der Waals surface area contributed by atoms with Gasteiger partial charge in [0.25, 0.3) is 5.91 Å². The highest BCUT2D eigenvalue weighted by atomic mass is 16.3. The van der Waals surface area contributed by atoms with E-state index in [1.165, 1.54) is 0 Å². The fraction of sp³-hybridized carbons (Fsp3) is 0.750. The molecule has 2 atom stereocenters. The van der Waals surface area contributed by atoms with Crippen molar-refractivity contribution in [1.82, 2.24) is 19.6 Å². The number of carbonyl (C=O) groups excluding carboxylic acids is 1. The molecule has 0 unspecified atom stereocenters. The molecule has 1 amide bonds. The van der Waals surface area contributed by atoms with Gasteiger partial charge in [-0.1, -0.05) is 0 Å². The van der Waals surface area contributed by atoms with Crippen molar-refractivity contribution in [3.8, 4) is 0 Å². The first kappa shape index (κ1) is 15.5. The first-order valence-corrected chi connectivity index (χ1v) is 8.07. The number of aryl methyl sites for hydroxylation is 2. The Morgan fingerprint density at radius 2 is 2.18 bits per heavy atom. The van der Waals surface area contributed by atoms with Crippen LogP contribution in [0.4, 0.5) is 0 Å². The van der Waals surface area contributed by atoms with Gasteiger partial charge < -0.3 is 14.9 Å². The number of aromatic nitrogens is 2. The summed E-state index contributed by atoms with van der Waals surface area (Å²) >= 11 is 0. The quantitative estimate of drug-likeness (QED) is 0.871. The summed E-state index contributed by atoms with van der Waals surface area (Å²) in [6.07, 6.45) is 4.87. The van der Waals surface area contributed by atoms with Crippen LogP contribution in [0.5, 0.6) is 0 Å². The molecule has 1 aromatic heterocycles. The number of hydrogen-bond acceptors (Lipinski definition) is 4. The maximum atomic E-state index is 12.8. The Morgan fingerprint density at radius 1 is 1.41 bits per heavy atom. The standard InChI is InChI=1S/C16H26N4O2/c1-12-13(9-19(3)17-12)15(22)20-8-6-16(11-21)5-4-7-18(2)14(16)10-20/h9,14,21H,4-8,10-11H2,1-3H3/t14-,16-/m1/s1.